The zero-order valence-corrected chi connectivity index (χ0v) is 25.2. The lowest BCUT2D eigenvalue weighted by atomic mass is 9.49. The summed E-state index contributed by atoms with van der Waals surface area (Å²) in [4.78, 5) is 26.8. The van der Waals surface area contributed by atoms with Gasteiger partial charge in [0, 0.05) is 32.5 Å². The molecule has 38 heavy (non-hydrogen) atoms. The van der Waals surface area contributed by atoms with Gasteiger partial charge in [0.15, 0.2) is 11.6 Å². The van der Waals surface area contributed by atoms with Crippen molar-refractivity contribution in [2.45, 2.75) is 67.2 Å². The zero-order chi connectivity index (χ0) is 27.9. The Labute approximate surface area is 238 Å². The minimum Gasteiger partial charge on any atom is -0.512 e. The van der Waals surface area contributed by atoms with Gasteiger partial charge in [-0.25, -0.2) is 0 Å². The Kier molecular flexibility index (Phi) is 6.33. The first-order valence-electron chi connectivity index (χ1n) is 13.3. The van der Waals surface area contributed by atoms with Crippen molar-refractivity contribution in [2.24, 2.45) is 16.7 Å². The highest BCUT2D eigenvalue weighted by atomic mass is 127. The molecule has 0 spiro atoms. The molecule has 0 radical (unpaired) electrons. The van der Waals surface area contributed by atoms with E-state index in [-0.39, 0.29) is 35.1 Å². The van der Waals surface area contributed by atoms with E-state index in [1.807, 2.05) is 13.8 Å². The molecule has 0 unspecified atom stereocenters. The van der Waals surface area contributed by atoms with Crippen LogP contribution in [0.4, 0.5) is 0 Å². The number of aryl methyl sites for hydroxylation is 2. The van der Waals surface area contributed by atoms with Gasteiger partial charge in [-0.15, -0.1) is 0 Å². The lowest BCUT2D eigenvalue weighted by molar-refractivity contribution is -0.113. The summed E-state index contributed by atoms with van der Waals surface area (Å²) < 4.78 is 1.20. The second kappa shape index (κ2) is 8.94. The van der Waals surface area contributed by atoms with Crippen LogP contribution < -0.4 is 0 Å². The Balaban J connectivity index is 1.74. The van der Waals surface area contributed by atoms with E-state index in [1.54, 1.807) is 0 Å². The Bertz CT molecular complexity index is 1520. The highest BCUT2D eigenvalue weighted by Gasteiger charge is 2.57. The number of benzene rings is 2. The number of hydrogen-bond acceptors (Lipinski definition) is 4. The monoisotopic (exact) mass is 622 g/mol. The van der Waals surface area contributed by atoms with Gasteiger partial charge in [-0.3, -0.25) is 9.59 Å². The summed E-state index contributed by atoms with van der Waals surface area (Å²) in [6.07, 6.45) is 2.31. The van der Waals surface area contributed by atoms with Gasteiger partial charge in [-0.2, -0.15) is 0 Å². The third kappa shape index (κ3) is 3.75. The minimum atomic E-state index is -0.592. The molecule has 0 aliphatic heterocycles. The number of Topliss-reactive ketones (excluding diaryl/α,β-unsaturated/α-hetero) is 2. The van der Waals surface area contributed by atoms with Gasteiger partial charge in [-0.05, 0) is 113 Å². The number of allylic oxidation sites excluding steroid dienone is 4. The lowest BCUT2D eigenvalue weighted by Gasteiger charge is -2.53. The molecule has 3 aliphatic carbocycles. The smallest absolute Gasteiger partial charge is 0.193 e. The van der Waals surface area contributed by atoms with Crippen molar-refractivity contribution in [3.63, 3.8) is 0 Å². The number of fused-ring (bicyclic) bond motifs is 3. The Morgan fingerprint density at radius 3 is 2.45 bits per heavy atom. The summed E-state index contributed by atoms with van der Waals surface area (Å²) in [6, 6.07) is 8.63. The second-order valence-electron chi connectivity index (χ2n) is 12.0. The Morgan fingerprint density at radius 2 is 1.84 bits per heavy atom. The first kappa shape index (κ1) is 26.9. The molecular formula is C33H35IO4. The predicted molar refractivity (Wildman–Crippen MR) is 160 cm³/mol. The third-order valence-electron chi connectivity index (χ3n) is 9.16. The summed E-state index contributed by atoms with van der Waals surface area (Å²) in [5.74, 6) is -0.937. The van der Waals surface area contributed by atoms with Gasteiger partial charge < -0.3 is 10.2 Å². The summed E-state index contributed by atoms with van der Waals surface area (Å²) >= 11 is 2.33. The molecule has 0 bridgehead atoms. The average molecular weight is 623 g/mol. The largest absolute Gasteiger partial charge is 0.512 e. The van der Waals surface area contributed by atoms with Crippen LogP contribution >= 0.6 is 22.6 Å². The van der Waals surface area contributed by atoms with E-state index in [2.05, 4.69) is 74.2 Å². The number of aliphatic hydroxyl groups is 2. The van der Waals surface area contributed by atoms with E-state index in [4.69, 9.17) is 0 Å². The van der Waals surface area contributed by atoms with E-state index in [9.17, 15) is 19.8 Å². The maximum Gasteiger partial charge on any atom is 0.193 e. The molecule has 0 saturated heterocycles. The molecule has 0 aromatic heterocycles. The van der Waals surface area contributed by atoms with Crippen molar-refractivity contribution >= 4 is 34.2 Å². The second-order valence-corrected chi connectivity index (χ2v) is 13.2. The third-order valence-corrected chi connectivity index (χ3v) is 10.4. The number of carbonyl (C=O) groups excluding carboxylic acids is 2. The summed E-state index contributed by atoms with van der Waals surface area (Å²) in [5.41, 5.74) is 7.08. The quantitative estimate of drug-likeness (QED) is 0.340. The van der Waals surface area contributed by atoms with Gasteiger partial charge in [0.1, 0.15) is 11.5 Å². The molecular weight excluding hydrogens is 587 g/mol. The molecule has 0 amide bonds. The van der Waals surface area contributed by atoms with Gasteiger partial charge in [0.2, 0.25) is 0 Å². The van der Waals surface area contributed by atoms with E-state index >= 15 is 0 Å². The van der Waals surface area contributed by atoms with Crippen LogP contribution in [0.3, 0.4) is 0 Å². The molecule has 3 atom stereocenters. The van der Waals surface area contributed by atoms with Crippen molar-refractivity contribution in [2.75, 3.05) is 0 Å². The van der Waals surface area contributed by atoms with Gasteiger partial charge in [-0.1, -0.05) is 45.5 Å². The van der Waals surface area contributed by atoms with Gasteiger partial charge in [0.05, 0.1) is 5.57 Å². The number of halogens is 1. The van der Waals surface area contributed by atoms with Crippen molar-refractivity contribution < 1.29 is 19.8 Å². The minimum absolute atomic E-state index is 0.0149. The van der Waals surface area contributed by atoms with E-state index in [0.29, 0.717) is 29.6 Å². The van der Waals surface area contributed by atoms with E-state index < -0.39 is 16.7 Å². The standard InChI is InChI=1S/C33H35IO4/c1-8-20-12-22(21-9-10-24(34)16(2)11-21)17(3)27-23(20)13-32(6)15-33(7)14-25(36)26(19(5)35)18(4)28(33)31(38)29(32)30(27)37/h9-12,28,36,38H,4,8,13-15H2,1-3,5-7H3/t28-,32-,33+/m1/s1. The van der Waals surface area contributed by atoms with Crippen LogP contribution in [0.2, 0.25) is 0 Å². The number of hydrogen-bond donors (Lipinski definition) is 2. The zero-order valence-electron chi connectivity index (χ0n) is 23.0. The molecule has 2 N–H and O–H groups in total. The van der Waals surface area contributed by atoms with Crippen LogP contribution in [0.15, 0.2) is 59.1 Å². The maximum absolute atomic E-state index is 14.4. The van der Waals surface area contributed by atoms with Crippen LogP contribution in [-0.2, 0) is 17.6 Å². The van der Waals surface area contributed by atoms with Gasteiger partial charge in [0.25, 0.3) is 0 Å². The molecule has 4 nitrogen and oxygen atoms in total. The van der Waals surface area contributed by atoms with Gasteiger partial charge >= 0.3 is 0 Å². The molecule has 3 aliphatic rings. The van der Waals surface area contributed by atoms with Crippen molar-refractivity contribution in [3.05, 3.63) is 90.5 Å². The fourth-order valence-electron chi connectivity index (χ4n) is 7.73. The molecule has 5 heteroatoms. The number of carbonyl (C=O) groups is 2. The van der Waals surface area contributed by atoms with E-state index in [1.165, 1.54) is 16.1 Å². The number of rotatable bonds is 3. The van der Waals surface area contributed by atoms with Crippen LogP contribution in [-0.4, -0.2) is 21.8 Å². The molecule has 0 saturated carbocycles. The summed E-state index contributed by atoms with van der Waals surface area (Å²) in [6.45, 7) is 15.9. The topological polar surface area (TPSA) is 74.6 Å². The normalized spacial score (nSPS) is 26.8. The van der Waals surface area contributed by atoms with E-state index in [0.717, 1.165) is 34.2 Å². The lowest BCUT2D eigenvalue weighted by Crippen LogP contribution is -2.49. The van der Waals surface area contributed by atoms with Crippen molar-refractivity contribution in [3.8, 4) is 11.1 Å². The fourth-order valence-corrected chi connectivity index (χ4v) is 8.07. The molecule has 0 fully saturated rings. The van der Waals surface area contributed by atoms with Crippen molar-refractivity contribution in [1.82, 2.24) is 0 Å². The summed E-state index contributed by atoms with van der Waals surface area (Å²) in [7, 11) is 0. The Hall–Kier alpha value is -2.67. The molecule has 0 heterocycles. The highest BCUT2D eigenvalue weighted by molar-refractivity contribution is 14.1. The molecule has 2 aromatic carbocycles. The van der Waals surface area contributed by atoms with Crippen LogP contribution in [0.5, 0.6) is 0 Å². The first-order valence-corrected chi connectivity index (χ1v) is 14.3. The van der Waals surface area contributed by atoms with Crippen LogP contribution in [0.1, 0.15) is 73.1 Å². The molecule has 5 rings (SSSR count). The van der Waals surface area contributed by atoms with Crippen molar-refractivity contribution in [1.29, 1.82) is 0 Å². The van der Waals surface area contributed by atoms with Crippen LogP contribution in [0.25, 0.3) is 11.1 Å². The highest BCUT2D eigenvalue weighted by Crippen LogP contribution is 2.62. The fraction of sp³-hybridized carbons (Fsp3) is 0.394. The average Bonchev–Trinajstić information content (AvgIpc) is 2.79. The first-order chi connectivity index (χ1) is 17.7. The predicted octanol–water partition coefficient (Wildman–Crippen LogP) is 8.08. The number of aliphatic hydroxyl groups excluding tert-OH is 2. The maximum atomic E-state index is 14.4. The molecule has 198 valence electrons. The molecule has 2 aromatic rings. The summed E-state index contributed by atoms with van der Waals surface area (Å²) in [5, 5.41) is 22.7. The SMILES string of the molecule is C=C1C(C(C)=O)=C(O)C[C@@]2(C)C[C@@]3(C)Cc4c(CC)cc(-c5ccc(I)c(C)c5)c(C)c4C(=O)C3=C(O)[C@@H]12. The van der Waals surface area contributed by atoms with Crippen LogP contribution in [0, 0.1) is 34.2 Å². The Morgan fingerprint density at radius 1 is 1.16 bits per heavy atom. The number of ketones is 2.